The van der Waals surface area contributed by atoms with E-state index in [0.29, 0.717) is 19.3 Å². The molecule has 0 rings (SSSR count). The van der Waals surface area contributed by atoms with Crippen LogP contribution in [0.2, 0.25) is 0 Å². The summed E-state index contributed by atoms with van der Waals surface area (Å²) < 4.78 is 17.4. The molecule has 65 heavy (non-hydrogen) atoms. The van der Waals surface area contributed by atoms with Crippen LogP contribution in [0.25, 0.3) is 0 Å². The number of unbranched alkanes of at least 4 members (excludes halogenated alkanes) is 34. The summed E-state index contributed by atoms with van der Waals surface area (Å²) >= 11 is 0. The number of carbonyl (C=O) groups excluding carboxylic acids is 2. The molecule has 0 aromatic heterocycles. The van der Waals surface area contributed by atoms with Gasteiger partial charge in [0, 0.05) is 19.3 Å². The number of allylic oxidation sites excluding steroid dienone is 4. The van der Waals surface area contributed by atoms with Crippen LogP contribution in [0, 0.1) is 0 Å². The van der Waals surface area contributed by atoms with Crippen molar-refractivity contribution in [2.45, 2.75) is 283 Å². The van der Waals surface area contributed by atoms with Gasteiger partial charge in [0.15, 0.2) is 12.1 Å². The quantitative estimate of drug-likeness (QED) is 0.0281. The molecule has 8 heteroatoms. The average molecular weight is 919 g/mol. The molecule has 2 atom stereocenters. The molecular weight excluding hydrogens is 811 g/mol. The van der Waals surface area contributed by atoms with Crippen molar-refractivity contribution in [3.8, 4) is 0 Å². The van der Waals surface area contributed by atoms with Crippen LogP contribution in [0.1, 0.15) is 271 Å². The number of rotatable bonds is 51. The second-order valence-electron chi connectivity index (χ2n) is 20.2. The maximum Gasteiger partial charge on any atom is 0.362 e. The van der Waals surface area contributed by atoms with E-state index in [-0.39, 0.29) is 36.2 Å². The van der Waals surface area contributed by atoms with Crippen molar-refractivity contribution in [2.75, 3.05) is 41.0 Å². The third-order valence-electron chi connectivity index (χ3n) is 12.9. The maximum atomic E-state index is 12.8. The third-order valence-corrected chi connectivity index (χ3v) is 12.9. The van der Waals surface area contributed by atoms with Gasteiger partial charge >= 0.3 is 17.9 Å². The summed E-state index contributed by atoms with van der Waals surface area (Å²) in [6.45, 7) is 4.77. The minimum atomic E-state index is -0.871. The molecule has 0 fully saturated rings. The number of hydrogen-bond acceptors (Lipinski definition) is 6. The number of quaternary nitrogens is 1. The Morgan fingerprint density at radius 3 is 1.17 bits per heavy atom. The van der Waals surface area contributed by atoms with E-state index >= 15 is 0 Å². The predicted octanol–water partition coefficient (Wildman–Crippen LogP) is 16.4. The lowest BCUT2D eigenvalue weighted by molar-refractivity contribution is -0.887. The lowest BCUT2D eigenvalue weighted by Crippen LogP contribution is -2.50. The third kappa shape index (κ3) is 46.7. The molecule has 0 aliphatic heterocycles. The fourth-order valence-electron chi connectivity index (χ4n) is 8.56. The Morgan fingerprint density at radius 1 is 0.462 bits per heavy atom. The normalized spacial score (nSPS) is 12.9. The number of likely N-dealkylation sites (N-methyl/N-ethyl adjacent to an activating group) is 1. The Hall–Kier alpha value is -2.19. The van der Waals surface area contributed by atoms with Crippen molar-refractivity contribution in [3.63, 3.8) is 0 Å². The van der Waals surface area contributed by atoms with Crippen molar-refractivity contribution in [3.05, 3.63) is 24.3 Å². The molecule has 0 aromatic rings. The number of carboxylic acid groups (broad SMARTS) is 1. The summed E-state index contributed by atoms with van der Waals surface area (Å²) in [5.74, 6) is -1.45. The van der Waals surface area contributed by atoms with Gasteiger partial charge in [0.25, 0.3) is 0 Å². The van der Waals surface area contributed by atoms with Crippen molar-refractivity contribution in [1.82, 2.24) is 0 Å². The molecular formula is C57H108NO7+. The van der Waals surface area contributed by atoms with Gasteiger partial charge in [0.1, 0.15) is 6.61 Å². The number of ether oxygens (including phenoxy) is 3. The molecule has 0 aliphatic rings. The topological polar surface area (TPSA) is 99.1 Å². The zero-order valence-electron chi connectivity index (χ0n) is 43.7. The lowest BCUT2D eigenvalue weighted by Gasteiger charge is -2.31. The number of hydrogen-bond donors (Lipinski definition) is 1. The highest BCUT2D eigenvalue weighted by molar-refractivity contribution is 5.72. The zero-order chi connectivity index (χ0) is 47.7. The van der Waals surface area contributed by atoms with Crippen molar-refractivity contribution in [1.29, 1.82) is 0 Å². The van der Waals surface area contributed by atoms with Crippen LogP contribution >= 0.6 is 0 Å². The number of carbonyl (C=O) groups is 3. The number of aliphatic carboxylic acids is 1. The smallest absolute Gasteiger partial charge is 0.362 e. The predicted molar refractivity (Wildman–Crippen MR) is 275 cm³/mol. The Morgan fingerprint density at radius 2 is 0.800 bits per heavy atom. The van der Waals surface area contributed by atoms with Crippen molar-refractivity contribution < 1.29 is 38.2 Å². The lowest BCUT2D eigenvalue weighted by atomic mass is 10.0. The Labute approximate surface area is 402 Å². The van der Waals surface area contributed by atoms with Gasteiger partial charge in [-0.1, -0.05) is 237 Å². The van der Waals surface area contributed by atoms with E-state index < -0.39 is 18.1 Å². The van der Waals surface area contributed by atoms with E-state index in [9.17, 15) is 19.5 Å². The molecule has 382 valence electrons. The second kappa shape index (κ2) is 48.3. The van der Waals surface area contributed by atoms with Gasteiger partial charge in [-0.3, -0.25) is 9.59 Å². The first-order valence-corrected chi connectivity index (χ1v) is 27.9. The maximum absolute atomic E-state index is 12.8. The molecule has 1 N–H and O–H groups in total. The number of carboxylic acids is 1. The molecule has 0 heterocycles. The first-order chi connectivity index (χ1) is 31.6. The van der Waals surface area contributed by atoms with Crippen LogP contribution in [0.5, 0.6) is 0 Å². The molecule has 0 radical (unpaired) electrons. The van der Waals surface area contributed by atoms with Crippen LogP contribution in [0.3, 0.4) is 0 Å². The van der Waals surface area contributed by atoms with E-state index in [1.165, 1.54) is 199 Å². The molecule has 0 spiro atoms. The summed E-state index contributed by atoms with van der Waals surface area (Å²) in [4.78, 5) is 37.2. The highest BCUT2D eigenvalue weighted by Crippen LogP contribution is 2.17. The van der Waals surface area contributed by atoms with Crippen LogP contribution in [0.15, 0.2) is 24.3 Å². The van der Waals surface area contributed by atoms with Crippen LogP contribution < -0.4 is 0 Å². The Kier molecular flexibility index (Phi) is 46.6. The van der Waals surface area contributed by atoms with Gasteiger partial charge < -0.3 is 23.8 Å². The SMILES string of the molecule is CCCCCC/C=C/C=C/CCCCCCCCCCCCC(=O)OCC(COCCC(C(=O)O)[N+](C)(C)C)OC(=O)CCCCCCCCCCCCCCCCCCCCCCC. The van der Waals surface area contributed by atoms with E-state index in [1.54, 1.807) is 0 Å². The molecule has 0 saturated carbocycles. The highest BCUT2D eigenvalue weighted by atomic mass is 16.6. The summed E-state index contributed by atoms with van der Waals surface area (Å²) in [7, 11) is 5.55. The van der Waals surface area contributed by atoms with E-state index in [0.717, 1.165) is 38.5 Å². The first kappa shape index (κ1) is 62.8. The molecule has 2 unspecified atom stereocenters. The van der Waals surface area contributed by atoms with Crippen molar-refractivity contribution >= 4 is 17.9 Å². The van der Waals surface area contributed by atoms with Crippen molar-refractivity contribution in [2.24, 2.45) is 0 Å². The first-order valence-electron chi connectivity index (χ1n) is 27.9. The Balaban J connectivity index is 4.16. The second-order valence-corrected chi connectivity index (χ2v) is 20.2. The monoisotopic (exact) mass is 919 g/mol. The van der Waals surface area contributed by atoms with Gasteiger partial charge in [-0.2, -0.15) is 0 Å². The van der Waals surface area contributed by atoms with E-state index in [1.807, 2.05) is 21.1 Å². The molecule has 0 aromatic carbocycles. The molecule has 0 bridgehead atoms. The van der Waals surface area contributed by atoms with Crippen LogP contribution in [-0.4, -0.2) is 80.6 Å². The zero-order valence-corrected chi connectivity index (χ0v) is 43.7. The molecule has 0 amide bonds. The van der Waals surface area contributed by atoms with Gasteiger partial charge in [0.2, 0.25) is 0 Å². The van der Waals surface area contributed by atoms with E-state index in [4.69, 9.17) is 14.2 Å². The standard InChI is InChI=1S/C57H107NO7/c1-6-8-10-12-14-16-18-20-22-24-26-28-30-32-34-36-38-40-42-44-46-48-56(60)65-53(51-63-50-49-54(57(61)62)58(3,4)5)52-64-55(59)47-45-43-41-39-37-35-33-31-29-27-25-23-21-19-17-15-13-11-9-7-2/h17,19,21,23,53-54H,6-16,18,20,22,24-52H2,1-5H3/p+1/b19-17+,23-21+. The Bertz CT molecular complexity index is 1120. The summed E-state index contributed by atoms with van der Waals surface area (Å²) in [5.41, 5.74) is 0. The van der Waals surface area contributed by atoms with Gasteiger partial charge in [-0.15, -0.1) is 0 Å². The average Bonchev–Trinajstić information content (AvgIpc) is 3.27. The minimum Gasteiger partial charge on any atom is -0.477 e. The summed E-state index contributed by atoms with van der Waals surface area (Å²) in [5, 5.41) is 9.67. The van der Waals surface area contributed by atoms with Gasteiger partial charge in [0.05, 0.1) is 34.4 Å². The molecule has 8 nitrogen and oxygen atoms in total. The fraction of sp³-hybridized carbons (Fsp3) is 0.877. The number of esters is 2. The van der Waals surface area contributed by atoms with Gasteiger partial charge in [-0.25, -0.2) is 4.79 Å². The van der Waals surface area contributed by atoms with E-state index in [2.05, 4.69) is 38.2 Å². The highest BCUT2D eigenvalue weighted by Gasteiger charge is 2.31. The largest absolute Gasteiger partial charge is 0.477 e. The summed E-state index contributed by atoms with van der Waals surface area (Å²) in [6.07, 6.45) is 56.6. The minimum absolute atomic E-state index is 0.0475. The molecule has 0 aliphatic carbocycles. The fourth-order valence-corrected chi connectivity index (χ4v) is 8.56. The van der Waals surface area contributed by atoms with Gasteiger partial charge in [-0.05, 0) is 38.5 Å². The molecule has 0 saturated heterocycles. The van der Waals surface area contributed by atoms with Crippen LogP contribution in [0.4, 0.5) is 0 Å². The van der Waals surface area contributed by atoms with Crippen LogP contribution in [-0.2, 0) is 28.6 Å². The number of nitrogens with zero attached hydrogens (tertiary/aromatic N) is 1. The summed E-state index contributed by atoms with van der Waals surface area (Å²) in [6, 6.07) is -0.613.